The van der Waals surface area contributed by atoms with Crippen molar-refractivity contribution >= 4 is 12.2 Å². The predicted octanol–water partition coefficient (Wildman–Crippen LogP) is 7.03. The standard InChI is InChI=1S/C34H30N2O3/c1-25-33(30-18-9-10-19-32(30)39-24-27-14-7-4-8-15-27)31(21-20-26-12-5-3-6-13-26)34(37)36(35-25)23-28-16-11-17-29(22-28)38-2/h3-22H,23-24H2,1-2H3/b21-20+. The van der Waals surface area contributed by atoms with Crippen LogP contribution in [0.25, 0.3) is 23.3 Å². The number of methoxy groups -OCH3 is 1. The summed E-state index contributed by atoms with van der Waals surface area (Å²) in [7, 11) is 1.63. The SMILES string of the molecule is COc1cccc(Cn2nc(C)c(-c3ccccc3OCc3ccccc3)c(/C=C/c3ccccc3)c2=O)c1. The molecule has 0 spiro atoms. The first-order chi connectivity index (χ1) is 19.1. The summed E-state index contributed by atoms with van der Waals surface area (Å²) in [6, 6.07) is 35.5. The van der Waals surface area contributed by atoms with Crippen molar-refractivity contribution in [3.05, 3.63) is 147 Å². The number of nitrogens with zero attached hydrogens (tertiary/aromatic N) is 2. The second-order valence-corrected chi connectivity index (χ2v) is 9.20. The molecule has 0 unspecified atom stereocenters. The van der Waals surface area contributed by atoms with E-state index < -0.39 is 0 Å². The lowest BCUT2D eigenvalue weighted by Gasteiger charge is -2.17. The molecular weight excluding hydrogens is 484 g/mol. The third-order valence-electron chi connectivity index (χ3n) is 6.47. The molecule has 1 aromatic heterocycles. The Hall–Kier alpha value is -4.90. The number of rotatable bonds is 9. The van der Waals surface area contributed by atoms with Crippen molar-refractivity contribution in [2.24, 2.45) is 0 Å². The van der Waals surface area contributed by atoms with E-state index in [0.29, 0.717) is 24.5 Å². The highest BCUT2D eigenvalue weighted by Crippen LogP contribution is 2.34. The molecule has 0 saturated heterocycles. The van der Waals surface area contributed by atoms with Crippen LogP contribution in [0.15, 0.2) is 114 Å². The third-order valence-corrected chi connectivity index (χ3v) is 6.47. The zero-order valence-corrected chi connectivity index (χ0v) is 22.1. The fourth-order valence-electron chi connectivity index (χ4n) is 4.54. The van der Waals surface area contributed by atoms with Crippen molar-refractivity contribution in [1.29, 1.82) is 0 Å². The van der Waals surface area contributed by atoms with Gasteiger partial charge in [-0.05, 0) is 47.9 Å². The quantitative estimate of drug-likeness (QED) is 0.212. The minimum atomic E-state index is -0.177. The molecule has 1 heterocycles. The van der Waals surface area contributed by atoms with Crippen molar-refractivity contribution in [3.8, 4) is 22.6 Å². The number of benzene rings is 4. The highest BCUT2D eigenvalue weighted by atomic mass is 16.5. The van der Waals surface area contributed by atoms with Gasteiger partial charge >= 0.3 is 0 Å². The highest BCUT2D eigenvalue weighted by Gasteiger charge is 2.19. The average Bonchev–Trinajstić information content (AvgIpc) is 2.98. The Kier molecular flexibility index (Phi) is 7.98. The zero-order valence-electron chi connectivity index (χ0n) is 22.1. The molecule has 0 aliphatic rings. The van der Waals surface area contributed by atoms with Gasteiger partial charge < -0.3 is 9.47 Å². The number of hydrogen-bond acceptors (Lipinski definition) is 4. The van der Waals surface area contributed by atoms with Crippen LogP contribution in [0.3, 0.4) is 0 Å². The Morgan fingerprint density at radius 1 is 0.795 bits per heavy atom. The third kappa shape index (κ3) is 6.16. The number of aryl methyl sites for hydroxylation is 1. The fraction of sp³-hybridized carbons (Fsp3) is 0.118. The van der Waals surface area contributed by atoms with E-state index in [4.69, 9.17) is 14.6 Å². The Morgan fingerprint density at radius 3 is 2.26 bits per heavy atom. The predicted molar refractivity (Wildman–Crippen MR) is 157 cm³/mol. The maximum Gasteiger partial charge on any atom is 0.274 e. The van der Waals surface area contributed by atoms with Crippen LogP contribution in [0, 0.1) is 6.92 Å². The summed E-state index contributed by atoms with van der Waals surface area (Å²) >= 11 is 0. The Bertz CT molecular complexity index is 1640. The van der Waals surface area contributed by atoms with Gasteiger partial charge in [0.15, 0.2) is 0 Å². The molecule has 0 bridgehead atoms. The van der Waals surface area contributed by atoms with Crippen molar-refractivity contribution in [2.45, 2.75) is 20.1 Å². The van der Waals surface area contributed by atoms with Crippen LogP contribution >= 0.6 is 0 Å². The molecule has 5 heteroatoms. The van der Waals surface area contributed by atoms with Crippen LogP contribution in [-0.2, 0) is 13.2 Å². The van der Waals surface area contributed by atoms with Crippen LogP contribution in [-0.4, -0.2) is 16.9 Å². The molecule has 0 fully saturated rings. The molecular formula is C34H30N2O3. The van der Waals surface area contributed by atoms with Crippen LogP contribution in [0.1, 0.15) is 27.9 Å². The first-order valence-corrected chi connectivity index (χ1v) is 12.9. The monoisotopic (exact) mass is 514 g/mol. The van der Waals surface area contributed by atoms with Crippen molar-refractivity contribution in [2.75, 3.05) is 7.11 Å². The summed E-state index contributed by atoms with van der Waals surface area (Å²) in [6.45, 7) is 2.69. The second kappa shape index (κ2) is 12.1. The molecule has 0 aliphatic carbocycles. The van der Waals surface area contributed by atoms with Crippen LogP contribution < -0.4 is 15.0 Å². The van der Waals surface area contributed by atoms with E-state index in [0.717, 1.165) is 39.3 Å². The number of ether oxygens (including phenoxy) is 2. The summed E-state index contributed by atoms with van der Waals surface area (Å²) < 4.78 is 13.2. The van der Waals surface area contributed by atoms with Gasteiger partial charge in [-0.3, -0.25) is 4.79 Å². The van der Waals surface area contributed by atoms with E-state index in [1.807, 2.05) is 128 Å². The molecule has 0 atom stereocenters. The number of para-hydroxylation sites is 1. The molecule has 0 saturated carbocycles. The Morgan fingerprint density at radius 2 is 1.49 bits per heavy atom. The summed E-state index contributed by atoms with van der Waals surface area (Å²) in [6.07, 6.45) is 3.85. The normalized spacial score (nSPS) is 11.0. The van der Waals surface area contributed by atoms with Gasteiger partial charge in [-0.15, -0.1) is 0 Å². The first kappa shape index (κ1) is 25.7. The van der Waals surface area contributed by atoms with Crippen LogP contribution in [0.2, 0.25) is 0 Å². The maximum absolute atomic E-state index is 14.0. The van der Waals surface area contributed by atoms with E-state index >= 15 is 0 Å². The Labute approximate surface area is 228 Å². The molecule has 5 rings (SSSR count). The maximum atomic E-state index is 14.0. The smallest absolute Gasteiger partial charge is 0.274 e. The van der Waals surface area contributed by atoms with Gasteiger partial charge in [0.1, 0.15) is 18.1 Å². The van der Waals surface area contributed by atoms with Gasteiger partial charge in [0.25, 0.3) is 5.56 Å². The molecule has 4 aromatic carbocycles. The van der Waals surface area contributed by atoms with Gasteiger partial charge in [0.05, 0.1) is 24.9 Å². The minimum absolute atomic E-state index is 0.177. The van der Waals surface area contributed by atoms with E-state index in [9.17, 15) is 4.79 Å². The molecule has 39 heavy (non-hydrogen) atoms. The van der Waals surface area contributed by atoms with Gasteiger partial charge in [-0.1, -0.05) is 97.1 Å². The lowest BCUT2D eigenvalue weighted by Crippen LogP contribution is -2.27. The fourth-order valence-corrected chi connectivity index (χ4v) is 4.54. The van der Waals surface area contributed by atoms with Gasteiger partial charge in [0.2, 0.25) is 0 Å². The summed E-state index contributed by atoms with van der Waals surface area (Å²) in [5, 5.41) is 4.75. The molecule has 0 N–H and O–H groups in total. The molecule has 0 aliphatic heterocycles. The largest absolute Gasteiger partial charge is 0.497 e. The van der Waals surface area contributed by atoms with E-state index in [1.54, 1.807) is 7.11 Å². The van der Waals surface area contributed by atoms with Crippen LogP contribution in [0.4, 0.5) is 0 Å². The van der Waals surface area contributed by atoms with E-state index in [1.165, 1.54) is 4.68 Å². The second-order valence-electron chi connectivity index (χ2n) is 9.20. The highest BCUT2D eigenvalue weighted by molar-refractivity contribution is 5.84. The van der Waals surface area contributed by atoms with E-state index in [-0.39, 0.29) is 5.56 Å². The topological polar surface area (TPSA) is 53.4 Å². The minimum Gasteiger partial charge on any atom is -0.497 e. The summed E-state index contributed by atoms with van der Waals surface area (Å²) in [5.74, 6) is 1.44. The molecule has 0 radical (unpaired) electrons. The van der Waals surface area contributed by atoms with Crippen molar-refractivity contribution in [3.63, 3.8) is 0 Å². The Balaban J connectivity index is 1.60. The van der Waals surface area contributed by atoms with Gasteiger partial charge in [-0.2, -0.15) is 5.10 Å². The van der Waals surface area contributed by atoms with Gasteiger partial charge in [-0.25, -0.2) is 4.68 Å². The molecule has 5 nitrogen and oxygen atoms in total. The average molecular weight is 515 g/mol. The van der Waals surface area contributed by atoms with Crippen molar-refractivity contribution in [1.82, 2.24) is 9.78 Å². The number of hydrogen-bond donors (Lipinski definition) is 0. The van der Waals surface area contributed by atoms with Gasteiger partial charge in [0, 0.05) is 11.1 Å². The summed E-state index contributed by atoms with van der Waals surface area (Å²) in [4.78, 5) is 14.0. The lowest BCUT2D eigenvalue weighted by atomic mass is 9.97. The van der Waals surface area contributed by atoms with Crippen molar-refractivity contribution < 1.29 is 9.47 Å². The summed E-state index contributed by atoms with van der Waals surface area (Å²) in [5.41, 5.74) is 5.72. The van der Waals surface area contributed by atoms with Crippen LogP contribution in [0.5, 0.6) is 11.5 Å². The number of aromatic nitrogens is 2. The molecule has 0 amide bonds. The molecule has 5 aromatic rings. The molecule has 194 valence electrons. The zero-order chi connectivity index (χ0) is 27.0. The van der Waals surface area contributed by atoms with E-state index in [2.05, 4.69) is 0 Å². The lowest BCUT2D eigenvalue weighted by molar-refractivity contribution is 0.307. The first-order valence-electron chi connectivity index (χ1n) is 12.9.